The number of benzene rings is 1. The Kier molecular flexibility index (Phi) is 4.81. The molecule has 8 heteroatoms. The van der Waals surface area contributed by atoms with E-state index >= 15 is 0 Å². The molecule has 1 heterocycles. The SMILES string of the molecule is CC1CC(NS(=O)(=O)c2ccc(Cl)c(N)c2Cl)CCO1. The summed E-state index contributed by atoms with van der Waals surface area (Å²) in [4.78, 5) is -0.0554. The molecular weight excluding hydrogens is 323 g/mol. The summed E-state index contributed by atoms with van der Waals surface area (Å²) >= 11 is 11.8. The second-order valence-electron chi connectivity index (χ2n) is 4.80. The lowest BCUT2D eigenvalue weighted by Gasteiger charge is -2.27. The second-order valence-corrected chi connectivity index (χ2v) is 7.26. The lowest BCUT2D eigenvalue weighted by Crippen LogP contribution is -2.41. The third-order valence-electron chi connectivity index (χ3n) is 3.19. The van der Waals surface area contributed by atoms with Gasteiger partial charge in [-0.15, -0.1) is 0 Å². The number of nitrogens with one attached hydrogen (secondary N) is 1. The van der Waals surface area contributed by atoms with E-state index in [2.05, 4.69) is 4.72 Å². The van der Waals surface area contributed by atoms with Crippen molar-refractivity contribution >= 4 is 38.9 Å². The van der Waals surface area contributed by atoms with Crippen molar-refractivity contribution in [2.75, 3.05) is 12.3 Å². The fraction of sp³-hybridized carbons (Fsp3) is 0.500. The monoisotopic (exact) mass is 338 g/mol. The fourth-order valence-corrected chi connectivity index (χ4v) is 4.19. The van der Waals surface area contributed by atoms with Gasteiger partial charge in [-0.3, -0.25) is 0 Å². The van der Waals surface area contributed by atoms with Gasteiger partial charge in [-0.2, -0.15) is 0 Å². The first-order valence-electron chi connectivity index (χ1n) is 6.18. The van der Waals surface area contributed by atoms with Crippen molar-refractivity contribution in [3.8, 4) is 0 Å². The molecule has 1 aromatic rings. The van der Waals surface area contributed by atoms with Crippen molar-refractivity contribution in [3.63, 3.8) is 0 Å². The van der Waals surface area contributed by atoms with Crippen LogP contribution in [0, 0.1) is 0 Å². The molecule has 1 saturated heterocycles. The maximum atomic E-state index is 12.4. The van der Waals surface area contributed by atoms with E-state index in [0.717, 1.165) is 0 Å². The summed E-state index contributed by atoms with van der Waals surface area (Å²) < 4.78 is 32.7. The minimum absolute atomic E-state index is 0.0298. The maximum absolute atomic E-state index is 12.4. The summed E-state index contributed by atoms with van der Waals surface area (Å²) in [6.45, 7) is 2.44. The Labute approximate surface area is 128 Å². The molecule has 0 bridgehead atoms. The van der Waals surface area contributed by atoms with E-state index in [1.54, 1.807) is 0 Å². The molecular formula is C12H16Cl2N2O3S. The minimum Gasteiger partial charge on any atom is -0.396 e. The van der Waals surface area contributed by atoms with Crippen LogP contribution in [0.4, 0.5) is 5.69 Å². The predicted octanol–water partition coefficient (Wildman–Crippen LogP) is 2.42. The quantitative estimate of drug-likeness (QED) is 0.829. The van der Waals surface area contributed by atoms with Crippen LogP contribution in [0.15, 0.2) is 17.0 Å². The molecule has 1 fully saturated rings. The van der Waals surface area contributed by atoms with E-state index in [1.807, 2.05) is 6.92 Å². The second kappa shape index (κ2) is 6.07. The van der Waals surface area contributed by atoms with Crippen molar-refractivity contribution in [2.45, 2.75) is 36.8 Å². The number of rotatable bonds is 3. The van der Waals surface area contributed by atoms with E-state index in [0.29, 0.717) is 19.4 Å². The molecule has 0 radical (unpaired) electrons. The highest BCUT2D eigenvalue weighted by Gasteiger charge is 2.27. The van der Waals surface area contributed by atoms with Gasteiger partial charge in [0.15, 0.2) is 0 Å². The van der Waals surface area contributed by atoms with Crippen molar-refractivity contribution < 1.29 is 13.2 Å². The number of nitrogens with two attached hydrogens (primary N) is 1. The minimum atomic E-state index is -3.73. The van der Waals surface area contributed by atoms with Gasteiger partial charge < -0.3 is 10.5 Å². The highest BCUT2D eigenvalue weighted by Crippen LogP contribution is 2.33. The summed E-state index contributed by atoms with van der Waals surface area (Å²) in [6, 6.07) is 2.60. The molecule has 1 aliphatic rings. The lowest BCUT2D eigenvalue weighted by molar-refractivity contribution is 0.0173. The van der Waals surface area contributed by atoms with Crippen molar-refractivity contribution in [1.82, 2.24) is 4.72 Å². The standard InChI is InChI=1S/C12H16Cl2N2O3S/c1-7-6-8(4-5-19-7)16-20(17,18)10-3-2-9(13)12(15)11(10)14/h2-3,7-8,16H,4-6,15H2,1H3. The Morgan fingerprint density at radius 2 is 2.10 bits per heavy atom. The topological polar surface area (TPSA) is 81.4 Å². The van der Waals surface area contributed by atoms with Gasteiger partial charge in [0.2, 0.25) is 10.0 Å². The first-order chi connectivity index (χ1) is 9.31. The molecule has 20 heavy (non-hydrogen) atoms. The number of nitrogen functional groups attached to an aromatic ring is 1. The summed E-state index contributed by atoms with van der Waals surface area (Å²) in [5.41, 5.74) is 5.72. The number of sulfonamides is 1. The number of hydrogen-bond donors (Lipinski definition) is 2. The van der Waals surface area contributed by atoms with E-state index in [9.17, 15) is 8.42 Å². The van der Waals surface area contributed by atoms with Gasteiger partial charge >= 0.3 is 0 Å². The van der Waals surface area contributed by atoms with Gasteiger partial charge in [0.1, 0.15) is 4.90 Å². The molecule has 5 nitrogen and oxygen atoms in total. The van der Waals surface area contributed by atoms with E-state index in [1.165, 1.54) is 12.1 Å². The van der Waals surface area contributed by atoms with Gasteiger partial charge in [0.05, 0.1) is 21.8 Å². The van der Waals surface area contributed by atoms with Gasteiger partial charge in [0.25, 0.3) is 0 Å². The Morgan fingerprint density at radius 1 is 1.40 bits per heavy atom. The Balaban J connectivity index is 2.25. The average molecular weight is 339 g/mol. The third kappa shape index (κ3) is 3.38. The largest absolute Gasteiger partial charge is 0.396 e. The zero-order valence-corrected chi connectivity index (χ0v) is 13.2. The van der Waals surface area contributed by atoms with Crippen LogP contribution in [-0.2, 0) is 14.8 Å². The molecule has 0 aromatic heterocycles. The number of ether oxygens (including phenoxy) is 1. The van der Waals surface area contributed by atoms with Crippen LogP contribution in [0.2, 0.25) is 10.0 Å². The summed E-state index contributed by atoms with van der Waals surface area (Å²) in [5.74, 6) is 0. The Hall–Kier alpha value is -0.530. The first kappa shape index (κ1) is 15.9. The molecule has 2 unspecified atom stereocenters. The maximum Gasteiger partial charge on any atom is 0.242 e. The lowest BCUT2D eigenvalue weighted by atomic mass is 10.1. The average Bonchev–Trinajstić information content (AvgIpc) is 2.35. The smallest absolute Gasteiger partial charge is 0.242 e. The molecule has 0 saturated carbocycles. The van der Waals surface area contributed by atoms with Crippen LogP contribution >= 0.6 is 23.2 Å². The molecule has 0 amide bonds. The van der Waals surface area contributed by atoms with Crippen LogP contribution in [-0.4, -0.2) is 27.2 Å². The highest BCUT2D eigenvalue weighted by molar-refractivity contribution is 7.89. The van der Waals surface area contributed by atoms with Crippen LogP contribution < -0.4 is 10.5 Å². The summed E-state index contributed by atoms with van der Waals surface area (Å²) in [7, 11) is -3.73. The Morgan fingerprint density at radius 3 is 2.75 bits per heavy atom. The molecule has 3 N–H and O–H groups in total. The van der Waals surface area contributed by atoms with Crippen LogP contribution in [0.25, 0.3) is 0 Å². The van der Waals surface area contributed by atoms with Crippen LogP contribution in [0.5, 0.6) is 0 Å². The van der Waals surface area contributed by atoms with Crippen molar-refractivity contribution in [3.05, 3.63) is 22.2 Å². The zero-order chi connectivity index (χ0) is 14.9. The normalized spacial score (nSPS) is 23.8. The predicted molar refractivity (Wildman–Crippen MR) is 79.6 cm³/mol. The van der Waals surface area contributed by atoms with Gasteiger partial charge in [-0.25, -0.2) is 13.1 Å². The van der Waals surface area contributed by atoms with Gasteiger partial charge in [0, 0.05) is 12.6 Å². The molecule has 112 valence electrons. The van der Waals surface area contributed by atoms with E-state index in [-0.39, 0.29) is 32.8 Å². The summed E-state index contributed by atoms with van der Waals surface area (Å²) in [5, 5.41) is 0.179. The molecule has 2 atom stereocenters. The van der Waals surface area contributed by atoms with Crippen LogP contribution in [0.1, 0.15) is 19.8 Å². The fourth-order valence-electron chi connectivity index (χ4n) is 2.14. The molecule has 0 aliphatic carbocycles. The number of anilines is 1. The van der Waals surface area contributed by atoms with Crippen molar-refractivity contribution in [1.29, 1.82) is 0 Å². The van der Waals surface area contributed by atoms with E-state index in [4.69, 9.17) is 33.7 Å². The molecule has 2 rings (SSSR count). The Bertz CT molecular complexity index is 607. The van der Waals surface area contributed by atoms with Gasteiger partial charge in [-0.05, 0) is 31.9 Å². The summed E-state index contributed by atoms with van der Waals surface area (Å²) in [6.07, 6.45) is 1.28. The third-order valence-corrected chi connectivity index (χ3v) is 5.60. The molecule has 1 aromatic carbocycles. The van der Waals surface area contributed by atoms with Crippen molar-refractivity contribution in [2.24, 2.45) is 0 Å². The highest BCUT2D eigenvalue weighted by atomic mass is 35.5. The molecule has 0 spiro atoms. The molecule has 1 aliphatic heterocycles. The van der Waals surface area contributed by atoms with Crippen LogP contribution in [0.3, 0.4) is 0 Å². The first-order valence-corrected chi connectivity index (χ1v) is 8.42. The van der Waals surface area contributed by atoms with E-state index < -0.39 is 10.0 Å². The zero-order valence-electron chi connectivity index (χ0n) is 10.9. The number of hydrogen-bond acceptors (Lipinski definition) is 4. The van der Waals surface area contributed by atoms with Gasteiger partial charge in [-0.1, -0.05) is 23.2 Å². The number of halogens is 2.